The Kier molecular flexibility index (Phi) is 11.3. The fourth-order valence-corrected chi connectivity index (χ4v) is 14.7. The third-order valence-corrected chi connectivity index (χ3v) is 18.7. The Bertz CT molecular complexity index is 5580. The maximum absolute atomic E-state index is 5.56. The predicted molar refractivity (Wildman–Crippen MR) is 366 cm³/mol. The summed E-state index contributed by atoms with van der Waals surface area (Å²) in [6.45, 7) is 0. The van der Waals surface area contributed by atoms with Crippen molar-refractivity contribution >= 4 is 96.9 Å². The summed E-state index contributed by atoms with van der Waals surface area (Å²) in [5.41, 5.74) is 18.3. The van der Waals surface area contributed by atoms with Crippen LogP contribution in [0, 0.1) is 0 Å². The lowest BCUT2D eigenvalue weighted by Crippen LogP contribution is -2.02. The molecule has 0 spiro atoms. The molecule has 0 atom stereocenters. The van der Waals surface area contributed by atoms with E-state index in [1.807, 2.05) is 17.4 Å². The minimum atomic E-state index is 0.629. The molecule has 0 unspecified atom stereocenters. The largest absolute Gasteiger partial charge is 0.309 e. The molecule has 8 heteroatoms. The highest BCUT2D eigenvalue weighted by Crippen LogP contribution is 2.44. The SMILES string of the molecule is c1ccc(-c2cc(-c3cccc(-c4ccc(-c5cc(-n6c7ccccc7c7ccc8c9ccccc9sc8c76)nc(-c6ccccc6)n5)cc4)c3)nc(-c3cc(-n4c5ccccc5c5ccccc54)cc(-n4c5ccccc5c5ccccc54)c3)n2)cc1. The molecule has 88 heavy (non-hydrogen) atoms. The van der Waals surface area contributed by atoms with Gasteiger partial charge in [0, 0.05) is 93.0 Å². The predicted octanol–water partition coefficient (Wildman–Crippen LogP) is 20.9. The molecule has 0 fully saturated rings. The van der Waals surface area contributed by atoms with Gasteiger partial charge >= 0.3 is 0 Å². The molecule has 0 radical (unpaired) electrons. The lowest BCUT2D eigenvalue weighted by atomic mass is 9.99. The number of para-hydroxylation sites is 5. The van der Waals surface area contributed by atoms with Crippen molar-refractivity contribution in [3.05, 3.63) is 297 Å². The summed E-state index contributed by atoms with van der Waals surface area (Å²) in [7, 11) is 0. The fourth-order valence-electron chi connectivity index (χ4n) is 13.4. The van der Waals surface area contributed by atoms with E-state index >= 15 is 0 Å². The maximum Gasteiger partial charge on any atom is 0.162 e. The molecule has 0 aliphatic rings. The number of benzene rings is 12. The van der Waals surface area contributed by atoms with Gasteiger partial charge in [0.2, 0.25) is 0 Å². The number of rotatable bonds is 9. The van der Waals surface area contributed by atoms with Crippen molar-refractivity contribution in [2.75, 3.05) is 0 Å². The molecule has 0 aliphatic heterocycles. The highest BCUT2D eigenvalue weighted by atomic mass is 32.1. The molecule has 18 aromatic rings. The monoisotopic (exact) mass is 1140 g/mol. The van der Waals surface area contributed by atoms with Gasteiger partial charge in [-0.1, -0.05) is 224 Å². The summed E-state index contributed by atoms with van der Waals surface area (Å²) in [6.07, 6.45) is 0. The Labute approximate surface area is 509 Å². The van der Waals surface area contributed by atoms with E-state index < -0.39 is 0 Å². The third-order valence-electron chi connectivity index (χ3n) is 17.5. The van der Waals surface area contributed by atoms with Gasteiger partial charge in [-0.3, -0.25) is 4.57 Å². The molecule has 0 aliphatic carbocycles. The van der Waals surface area contributed by atoms with Crippen molar-refractivity contribution in [3.8, 4) is 84.9 Å². The zero-order valence-corrected chi connectivity index (χ0v) is 48.1. The number of aromatic nitrogens is 7. The number of hydrogen-bond acceptors (Lipinski definition) is 5. The van der Waals surface area contributed by atoms with Crippen LogP contribution in [0.2, 0.25) is 0 Å². The van der Waals surface area contributed by atoms with Gasteiger partial charge in [0.1, 0.15) is 5.82 Å². The van der Waals surface area contributed by atoms with Crippen LogP contribution in [0.4, 0.5) is 0 Å². The van der Waals surface area contributed by atoms with Gasteiger partial charge in [-0.05, 0) is 77.9 Å². The van der Waals surface area contributed by atoms with Gasteiger partial charge in [0.25, 0.3) is 0 Å². The molecule has 0 saturated heterocycles. The van der Waals surface area contributed by atoms with Crippen LogP contribution in [0.5, 0.6) is 0 Å². The van der Waals surface area contributed by atoms with Crippen LogP contribution in [0.25, 0.3) is 170 Å². The molecular formula is C80H49N7S. The highest BCUT2D eigenvalue weighted by molar-refractivity contribution is 7.26. The van der Waals surface area contributed by atoms with Gasteiger partial charge < -0.3 is 9.13 Å². The van der Waals surface area contributed by atoms with E-state index in [2.05, 4.69) is 305 Å². The van der Waals surface area contributed by atoms with Crippen LogP contribution < -0.4 is 0 Å². The van der Waals surface area contributed by atoms with Crippen LogP contribution >= 0.6 is 11.3 Å². The van der Waals surface area contributed by atoms with Crippen LogP contribution in [0.15, 0.2) is 297 Å². The summed E-state index contributed by atoms with van der Waals surface area (Å²) < 4.78 is 9.65. The number of nitrogens with zero attached hydrogens (tertiary/aromatic N) is 7. The van der Waals surface area contributed by atoms with Gasteiger partial charge in [-0.25, -0.2) is 19.9 Å². The van der Waals surface area contributed by atoms with Crippen molar-refractivity contribution in [3.63, 3.8) is 0 Å². The average Bonchev–Trinajstić information content (AvgIpc) is 1.74. The summed E-state index contributed by atoms with van der Waals surface area (Å²) in [5, 5.41) is 9.70. The van der Waals surface area contributed by atoms with Gasteiger partial charge in [0.05, 0.1) is 54.9 Å². The van der Waals surface area contributed by atoms with Crippen LogP contribution in [-0.2, 0) is 0 Å². The zero-order valence-electron chi connectivity index (χ0n) is 47.3. The zero-order chi connectivity index (χ0) is 57.8. The summed E-state index contributed by atoms with van der Waals surface area (Å²) in [6, 6.07) is 106. The van der Waals surface area contributed by atoms with E-state index in [9.17, 15) is 0 Å². The van der Waals surface area contributed by atoms with E-state index in [4.69, 9.17) is 19.9 Å². The Balaban J connectivity index is 0.776. The van der Waals surface area contributed by atoms with E-state index in [-0.39, 0.29) is 0 Å². The first-order chi connectivity index (χ1) is 43.6. The molecule has 6 heterocycles. The van der Waals surface area contributed by atoms with Crippen molar-refractivity contribution < 1.29 is 0 Å². The van der Waals surface area contributed by atoms with Crippen molar-refractivity contribution in [1.82, 2.24) is 33.6 Å². The lowest BCUT2D eigenvalue weighted by molar-refractivity contribution is 1.05. The molecule has 410 valence electrons. The molecule has 12 aromatic carbocycles. The first-order valence-electron chi connectivity index (χ1n) is 29.7. The first kappa shape index (κ1) is 49.8. The second-order valence-electron chi connectivity index (χ2n) is 22.6. The van der Waals surface area contributed by atoms with Crippen molar-refractivity contribution in [1.29, 1.82) is 0 Å². The van der Waals surface area contributed by atoms with Crippen LogP contribution in [0.3, 0.4) is 0 Å². The average molecular weight is 1140 g/mol. The lowest BCUT2D eigenvalue weighted by Gasteiger charge is -2.16. The number of thiophene rings is 1. The summed E-state index contributed by atoms with van der Waals surface area (Å²) >= 11 is 1.84. The van der Waals surface area contributed by atoms with Crippen LogP contribution in [0.1, 0.15) is 0 Å². The first-order valence-corrected chi connectivity index (χ1v) is 30.5. The quantitative estimate of drug-likeness (QED) is 0.144. The van der Waals surface area contributed by atoms with Crippen molar-refractivity contribution in [2.45, 2.75) is 0 Å². The summed E-state index contributed by atoms with van der Waals surface area (Å²) in [4.78, 5) is 21.8. The maximum atomic E-state index is 5.56. The van der Waals surface area contributed by atoms with Gasteiger partial charge in [-0.15, -0.1) is 11.3 Å². The number of hydrogen-bond donors (Lipinski definition) is 0. The Morgan fingerprint density at radius 3 is 1.25 bits per heavy atom. The van der Waals surface area contributed by atoms with Gasteiger partial charge in [0.15, 0.2) is 11.6 Å². The molecule has 0 saturated carbocycles. The fraction of sp³-hybridized carbons (Fsp3) is 0. The topological polar surface area (TPSA) is 66.3 Å². The second-order valence-corrected chi connectivity index (χ2v) is 23.6. The number of fused-ring (bicyclic) bond motifs is 13. The van der Waals surface area contributed by atoms with E-state index in [0.29, 0.717) is 11.6 Å². The van der Waals surface area contributed by atoms with Crippen LogP contribution in [-0.4, -0.2) is 33.6 Å². The smallest absolute Gasteiger partial charge is 0.162 e. The summed E-state index contributed by atoms with van der Waals surface area (Å²) in [5.74, 6) is 2.11. The minimum absolute atomic E-state index is 0.629. The Hall–Kier alpha value is -11.6. The molecule has 0 bridgehead atoms. The van der Waals surface area contributed by atoms with E-state index in [1.165, 1.54) is 52.5 Å². The normalized spacial score (nSPS) is 11.9. The minimum Gasteiger partial charge on any atom is -0.309 e. The standard InChI is InChI=1S/C80H49N7S/c1-3-20-51(21-4-1)67-48-68(82-80(81-67)56-45-57(85-70-32-13-7-26-59(70)60-27-8-14-33-71(60)85)47-58(46-56)86-72-34-15-9-28-61(72)62-29-10-16-35-73(62)86)55-25-19-24-54(44-55)50-38-40-52(41-39-50)69-49-76(84-79(83-69)53-22-5-2-6-23-53)87-74-36-17-11-30-63(74)65-42-43-66-64-31-12-18-37-75(64)88-78(66)77(65)87/h1-49H. The third kappa shape index (κ3) is 8.04. The molecule has 18 rings (SSSR count). The van der Waals surface area contributed by atoms with E-state index in [1.54, 1.807) is 0 Å². The Morgan fingerprint density at radius 2 is 0.659 bits per heavy atom. The molecule has 7 nitrogen and oxygen atoms in total. The van der Waals surface area contributed by atoms with Gasteiger partial charge in [-0.2, -0.15) is 0 Å². The van der Waals surface area contributed by atoms with Crippen molar-refractivity contribution in [2.24, 2.45) is 0 Å². The Morgan fingerprint density at radius 1 is 0.239 bits per heavy atom. The second kappa shape index (κ2) is 20.0. The molecule has 6 aromatic heterocycles. The highest BCUT2D eigenvalue weighted by Gasteiger charge is 2.23. The molecule has 0 amide bonds. The molecular weight excluding hydrogens is 1090 g/mol. The van der Waals surface area contributed by atoms with E-state index in [0.717, 1.165) is 106 Å². The molecule has 0 N–H and O–H groups in total.